The van der Waals surface area contributed by atoms with E-state index < -0.39 is 16.1 Å². The highest BCUT2D eigenvalue weighted by Crippen LogP contribution is 2.23. The van der Waals surface area contributed by atoms with Crippen molar-refractivity contribution < 1.29 is 18.3 Å². The monoisotopic (exact) mass is 423 g/mol. The molecule has 2 rings (SSSR count). The number of nitrogens with one attached hydrogen (secondary N) is 1. The number of hydrogen-bond donors (Lipinski definition) is 2. The maximum Gasteiger partial charge on any atom is 0.182 e. The molecule has 0 aliphatic rings. The van der Waals surface area contributed by atoms with Crippen molar-refractivity contribution in [2.45, 2.75) is 26.0 Å². The second-order valence-electron chi connectivity index (χ2n) is 6.45. The zero-order valence-corrected chi connectivity index (χ0v) is 17.1. The van der Waals surface area contributed by atoms with Gasteiger partial charge in [0, 0.05) is 28.7 Å². The van der Waals surface area contributed by atoms with Gasteiger partial charge in [-0.3, -0.25) is 4.79 Å². The molecule has 9 heteroatoms. The number of aromatic nitrogens is 2. The maximum atomic E-state index is 12.2. The molecule has 7 nitrogen and oxygen atoms in total. The van der Waals surface area contributed by atoms with E-state index in [1.165, 1.54) is 12.4 Å². The minimum absolute atomic E-state index is 0.0571. The van der Waals surface area contributed by atoms with Gasteiger partial charge in [-0.05, 0) is 18.4 Å². The van der Waals surface area contributed by atoms with Gasteiger partial charge in [-0.25, -0.2) is 18.4 Å². The lowest BCUT2D eigenvalue weighted by Gasteiger charge is -2.14. The number of Topliss-reactive ketones (excluding diaryl/α,β-unsaturated/α-hetero) is 1. The second-order valence-corrected chi connectivity index (χ2v) is 8.79. The zero-order chi connectivity index (χ0) is 20.7. The third-order valence-corrected chi connectivity index (χ3v) is 4.90. The molecule has 0 aliphatic heterocycles. The summed E-state index contributed by atoms with van der Waals surface area (Å²) in [4.78, 5) is 20.4. The Labute approximate surface area is 169 Å². The Balaban J connectivity index is 1.92. The number of aliphatic hydroxyl groups excluding tert-OH is 1. The third-order valence-electron chi connectivity index (χ3n) is 3.90. The fourth-order valence-corrected chi connectivity index (χ4v) is 3.11. The summed E-state index contributed by atoms with van der Waals surface area (Å²) in [6.07, 6.45) is 5.04. The van der Waals surface area contributed by atoms with Gasteiger partial charge in [0.25, 0.3) is 0 Å². The maximum absolute atomic E-state index is 12.2. The van der Waals surface area contributed by atoms with Crippen LogP contribution in [0.1, 0.15) is 42.0 Å². The van der Waals surface area contributed by atoms with Crippen LogP contribution in [-0.2, 0) is 9.84 Å². The van der Waals surface area contributed by atoms with Crippen LogP contribution in [0.2, 0.25) is 5.02 Å². The fourth-order valence-electron chi connectivity index (χ4n) is 2.32. The van der Waals surface area contributed by atoms with Gasteiger partial charge < -0.3 is 10.4 Å². The van der Waals surface area contributed by atoms with Crippen molar-refractivity contribution in [3.05, 3.63) is 64.4 Å². The SMILES string of the molecule is C[C@H](/C=C/S(C)(=O)=O)CCC(=O)c1cnc(N[C@@H](O)c2ccccc2Cl)cn1. The molecule has 0 saturated heterocycles. The topological polar surface area (TPSA) is 109 Å². The molecule has 28 heavy (non-hydrogen) atoms. The molecule has 0 saturated carbocycles. The predicted octanol–water partition coefficient (Wildman–Crippen LogP) is 3.39. The minimum Gasteiger partial charge on any atom is -0.369 e. The number of aliphatic hydroxyl groups is 1. The number of anilines is 1. The van der Waals surface area contributed by atoms with E-state index in [1.807, 2.05) is 6.92 Å². The highest BCUT2D eigenvalue weighted by molar-refractivity contribution is 7.93. The van der Waals surface area contributed by atoms with Crippen LogP contribution >= 0.6 is 11.6 Å². The first-order valence-electron chi connectivity index (χ1n) is 8.58. The van der Waals surface area contributed by atoms with Gasteiger partial charge in [-0.2, -0.15) is 0 Å². The highest BCUT2D eigenvalue weighted by atomic mass is 35.5. The number of benzene rings is 1. The fraction of sp³-hybridized carbons (Fsp3) is 0.316. The smallest absolute Gasteiger partial charge is 0.182 e. The molecule has 1 aromatic heterocycles. The van der Waals surface area contributed by atoms with Gasteiger partial charge >= 0.3 is 0 Å². The molecular formula is C19H22ClN3O4S. The predicted molar refractivity (Wildman–Crippen MR) is 109 cm³/mol. The lowest BCUT2D eigenvalue weighted by molar-refractivity contribution is 0.0971. The van der Waals surface area contributed by atoms with Crippen LogP contribution in [0.25, 0.3) is 0 Å². The van der Waals surface area contributed by atoms with Gasteiger partial charge in [0.05, 0.1) is 12.4 Å². The third kappa shape index (κ3) is 7.03. The number of allylic oxidation sites excluding steroid dienone is 1. The number of sulfone groups is 1. The summed E-state index contributed by atoms with van der Waals surface area (Å²) in [5.74, 6) is 0.0528. The molecule has 2 aromatic rings. The van der Waals surface area contributed by atoms with E-state index in [1.54, 1.807) is 30.3 Å². The van der Waals surface area contributed by atoms with Crippen molar-refractivity contribution in [1.82, 2.24) is 9.97 Å². The Bertz CT molecular complexity index is 946. The molecule has 0 bridgehead atoms. The molecule has 2 N–H and O–H groups in total. The van der Waals surface area contributed by atoms with Crippen LogP contribution in [0.15, 0.2) is 48.1 Å². The standard InChI is InChI=1S/C19H22ClN3O4S/c1-13(9-10-28(2,26)27)7-8-17(24)16-11-22-18(12-21-16)23-19(25)14-5-3-4-6-15(14)20/h3-6,9-13,19,25H,7-8H2,1-2H3,(H,22,23)/b10-9+/t13-,19-/m0/s1. The Morgan fingerprint density at radius 2 is 2.00 bits per heavy atom. The van der Waals surface area contributed by atoms with E-state index in [0.29, 0.717) is 22.8 Å². The molecule has 1 heterocycles. The molecule has 1 aromatic carbocycles. The molecule has 0 unspecified atom stereocenters. The molecule has 2 atom stereocenters. The molecule has 0 fully saturated rings. The van der Waals surface area contributed by atoms with Crippen molar-refractivity contribution in [3.8, 4) is 0 Å². The number of halogens is 1. The van der Waals surface area contributed by atoms with Crippen molar-refractivity contribution >= 4 is 33.0 Å². The van der Waals surface area contributed by atoms with E-state index in [0.717, 1.165) is 11.7 Å². The summed E-state index contributed by atoms with van der Waals surface area (Å²) in [6, 6.07) is 6.87. The van der Waals surface area contributed by atoms with Gasteiger partial charge in [-0.15, -0.1) is 0 Å². The number of rotatable bonds is 9. The van der Waals surface area contributed by atoms with E-state index in [2.05, 4.69) is 15.3 Å². The summed E-state index contributed by atoms with van der Waals surface area (Å²) in [6.45, 7) is 1.84. The number of carbonyl (C=O) groups excluding carboxylic acids is 1. The summed E-state index contributed by atoms with van der Waals surface area (Å²) >= 11 is 6.04. The lowest BCUT2D eigenvalue weighted by Crippen LogP contribution is -2.12. The first kappa shape index (κ1) is 22.0. The Hall–Kier alpha value is -2.29. The summed E-state index contributed by atoms with van der Waals surface area (Å²) < 4.78 is 22.2. The number of nitrogens with zero attached hydrogens (tertiary/aromatic N) is 2. The lowest BCUT2D eigenvalue weighted by atomic mass is 10.0. The van der Waals surface area contributed by atoms with Crippen LogP contribution in [0.4, 0.5) is 5.82 Å². The van der Waals surface area contributed by atoms with Crippen molar-refractivity contribution in [2.24, 2.45) is 5.92 Å². The van der Waals surface area contributed by atoms with E-state index in [9.17, 15) is 18.3 Å². The average Bonchev–Trinajstić information content (AvgIpc) is 2.64. The Morgan fingerprint density at radius 3 is 2.61 bits per heavy atom. The van der Waals surface area contributed by atoms with Gasteiger partial charge in [-0.1, -0.05) is 42.8 Å². The van der Waals surface area contributed by atoms with Gasteiger partial charge in [0.15, 0.2) is 21.8 Å². The molecule has 0 spiro atoms. The molecule has 0 amide bonds. The summed E-state index contributed by atoms with van der Waals surface area (Å²) in [5, 5.41) is 14.5. The zero-order valence-electron chi connectivity index (χ0n) is 15.5. The Morgan fingerprint density at radius 1 is 1.29 bits per heavy atom. The first-order chi connectivity index (χ1) is 13.2. The minimum atomic E-state index is -3.17. The van der Waals surface area contributed by atoms with Crippen molar-refractivity contribution in [3.63, 3.8) is 0 Å². The Kier molecular flexibility index (Phi) is 7.68. The van der Waals surface area contributed by atoms with E-state index in [-0.39, 0.29) is 23.8 Å². The van der Waals surface area contributed by atoms with Crippen LogP contribution < -0.4 is 5.32 Å². The molecule has 150 valence electrons. The van der Waals surface area contributed by atoms with E-state index in [4.69, 9.17) is 11.6 Å². The molecular weight excluding hydrogens is 402 g/mol. The largest absolute Gasteiger partial charge is 0.369 e. The van der Waals surface area contributed by atoms with Crippen molar-refractivity contribution in [2.75, 3.05) is 11.6 Å². The van der Waals surface area contributed by atoms with Crippen LogP contribution in [0, 0.1) is 5.92 Å². The van der Waals surface area contributed by atoms with Gasteiger partial charge in [0.2, 0.25) is 0 Å². The first-order valence-corrected chi connectivity index (χ1v) is 10.9. The molecule has 0 radical (unpaired) electrons. The van der Waals surface area contributed by atoms with Gasteiger partial charge in [0.1, 0.15) is 11.5 Å². The molecule has 0 aliphatic carbocycles. The second kappa shape index (κ2) is 9.77. The van der Waals surface area contributed by atoms with Crippen LogP contribution in [0.5, 0.6) is 0 Å². The van der Waals surface area contributed by atoms with E-state index >= 15 is 0 Å². The number of hydrogen-bond acceptors (Lipinski definition) is 7. The average molecular weight is 424 g/mol. The number of ketones is 1. The number of carbonyl (C=O) groups is 1. The van der Waals surface area contributed by atoms with Crippen LogP contribution in [0.3, 0.4) is 0 Å². The van der Waals surface area contributed by atoms with Crippen molar-refractivity contribution in [1.29, 1.82) is 0 Å². The normalized spacial score (nSPS) is 14.0. The van der Waals surface area contributed by atoms with Crippen LogP contribution in [-0.4, -0.2) is 35.5 Å². The quantitative estimate of drug-likeness (QED) is 0.469. The highest BCUT2D eigenvalue weighted by Gasteiger charge is 2.13. The summed E-state index contributed by atoms with van der Waals surface area (Å²) in [7, 11) is -3.17. The summed E-state index contributed by atoms with van der Waals surface area (Å²) in [5.41, 5.74) is 0.708.